The smallest absolute Gasteiger partial charge is 0.251 e. The summed E-state index contributed by atoms with van der Waals surface area (Å²) in [6, 6.07) is 13.2. The molecule has 1 fully saturated rings. The van der Waals surface area contributed by atoms with Crippen molar-refractivity contribution in [3.05, 3.63) is 48.0 Å². The highest BCUT2D eigenvalue weighted by Gasteiger charge is 2.26. The van der Waals surface area contributed by atoms with Gasteiger partial charge in [-0.05, 0) is 22.9 Å². The molecule has 1 aliphatic heterocycles. The summed E-state index contributed by atoms with van der Waals surface area (Å²) in [4.78, 5) is 37.2. The van der Waals surface area contributed by atoms with Gasteiger partial charge in [-0.1, -0.05) is 30.3 Å². The summed E-state index contributed by atoms with van der Waals surface area (Å²) in [5.41, 5.74) is 0.523. The molecule has 6 nitrogen and oxygen atoms in total. The second-order valence-electron chi connectivity index (χ2n) is 6.39. The topological polar surface area (TPSA) is 78.5 Å². The van der Waals surface area contributed by atoms with Gasteiger partial charge in [0.05, 0.1) is 6.54 Å². The highest BCUT2D eigenvalue weighted by molar-refractivity contribution is 6.00. The first-order valence-electron chi connectivity index (χ1n) is 8.30. The van der Waals surface area contributed by atoms with Gasteiger partial charge in [0.15, 0.2) is 0 Å². The predicted molar refractivity (Wildman–Crippen MR) is 95.0 cm³/mol. The summed E-state index contributed by atoms with van der Waals surface area (Å²) < 4.78 is 0. The lowest BCUT2D eigenvalue weighted by Gasteiger charge is -2.12. The number of rotatable bonds is 5. The lowest BCUT2D eigenvalue weighted by atomic mass is 10.1. The average Bonchev–Trinajstić information content (AvgIpc) is 2.95. The minimum atomic E-state index is -0.281. The molecule has 6 heteroatoms. The molecule has 25 heavy (non-hydrogen) atoms. The number of amides is 3. The van der Waals surface area contributed by atoms with Crippen molar-refractivity contribution in [2.24, 2.45) is 5.92 Å². The largest absolute Gasteiger partial charge is 0.354 e. The molecule has 1 heterocycles. The van der Waals surface area contributed by atoms with Crippen LogP contribution in [0.5, 0.6) is 0 Å². The SMILES string of the molecule is CN1CC(CNC(=O)CNC(=O)c2ccc3ccccc3c2)CC1=O. The molecular weight excluding hydrogens is 318 g/mol. The van der Waals surface area contributed by atoms with Crippen molar-refractivity contribution < 1.29 is 14.4 Å². The van der Waals surface area contributed by atoms with E-state index in [1.54, 1.807) is 18.0 Å². The van der Waals surface area contributed by atoms with Crippen LogP contribution in [0, 0.1) is 5.92 Å². The van der Waals surface area contributed by atoms with E-state index in [0.717, 1.165) is 10.8 Å². The van der Waals surface area contributed by atoms with Crippen molar-refractivity contribution in [1.29, 1.82) is 0 Å². The molecular formula is C19H21N3O3. The van der Waals surface area contributed by atoms with E-state index in [9.17, 15) is 14.4 Å². The first kappa shape index (κ1) is 17.0. The van der Waals surface area contributed by atoms with Crippen molar-refractivity contribution in [2.45, 2.75) is 6.42 Å². The first-order valence-corrected chi connectivity index (χ1v) is 8.30. The molecule has 1 saturated heterocycles. The van der Waals surface area contributed by atoms with Crippen molar-refractivity contribution in [3.63, 3.8) is 0 Å². The lowest BCUT2D eigenvalue weighted by Crippen LogP contribution is -2.39. The van der Waals surface area contributed by atoms with Crippen LogP contribution in [0.4, 0.5) is 0 Å². The minimum absolute atomic E-state index is 0.0812. The second-order valence-corrected chi connectivity index (χ2v) is 6.39. The molecule has 1 unspecified atom stereocenters. The average molecular weight is 339 g/mol. The summed E-state index contributed by atoms with van der Waals surface area (Å²) in [5, 5.41) is 7.44. The maximum absolute atomic E-state index is 12.2. The van der Waals surface area contributed by atoms with Gasteiger partial charge in [0, 0.05) is 38.0 Å². The molecule has 3 amide bonds. The number of likely N-dealkylation sites (tertiary alicyclic amines) is 1. The monoisotopic (exact) mass is 339 g/mol. The number of hydrogen-bond donors (Lipinski definition) is 2. The number of benzene rings is 2. The van der Waals surface area contributed by atoms with Crippen molar-refractivity contribution in [3.8, 4) is 0 Å². The Bertz CT molecular complexity index is 818. The maximum Gasteiger partial charge on any atom is 0.251 e. The molecule has 3 rings (SSSR count). The number of carbonyl (C=O) groups excluding carboxylic acids is 3. The van der Waals surface area contributed by atoms with E-state index < -0.39 is 0 Å². The predicted octanol–water partition coefficient (Wildman–Crippen LogP) is 1.16. The van der Waals surface area contributed by atoms with E-state index in [1.807, 2.05) is 36.4 Å². The van der Waals surface area contributed by atoms with Gasteiger partial charge in [-0.25, -0.2) is 0 Å². The fraction of sp³-hybridized carbons (Fsp3) is 0.316. The van der Waals surface area contributed by atoms with Crippen LogP contribution in [0.3, 0.4) is 0 Å². The molecule has 0 saturated carbocycles. The molecule has 2 aromatic rings. The van der Waals surface area contributed by atoms with Crippen LogP contribution in [-0.4, -0.2) is 49.3 Å². The van der Waals surface area contributed by atoms with Gasteiger partial charge in [-0.3, -0.25) is 14.4 Å². The molecule has 0 radical (unpaired) electrons. The summed E-state index contributed by atoms with van der Waals surface area (Å²) in [6.45, 7) is 1.02. The van der Waals surface area contributed by atoms with E-state index in [-0.39, 0.29) is 30.2 Å². The number of nitrogens with one attached hydrogen (secondary N) is 2. The molecule has 1 atom stereocenters. The van der Waals surface area contributed by atoms with Gasteiger partial charge in [0.1, 0.15) is 0 Å². The van der Waals surface area contributed by atoms with Crippen LogP contribution in [0.25, 0.3) is 10.8 Å². The van der Waals surface area contributed by atoms with Crippen LogP contribution >= 0.6 is 0 Å². The Kier molecular flexibility index (Phi) is 4.97. The molecule has 1 aliphatic rings. The van der Waals surface area contributed by atoms with Crippen LogP contribution in [0.1, 0.15) is 16.8 Å². The van der Waals surface area contributed by atoms with Gasteiger partial charge < -0.3 is 15.5 Å². The third-order valence-electron chi connectivity index (χ3n) is 4.43. The fourth-order valence-corrected chi connectivity index (χ4v) is 3.01. The molecule has 2 aromatic carbocycles. The minimum Gasteiger partial charge on any atom is -0.354 e. The second kappa shape index (κ2) is 7.34. The van der Waals surface area contributed by atoms with Gasteiger partial charge in [0.2, 0.25) is 11.8 Å². The zero-order chi connectivity index (χ0) is 17.8. The van der Waals surface area contributed by atoms with E-state index >= 15 is 0 Å². The van der Waals surface area contributed by atoms with Crippen molar-refractivity contribution in [1.82, 2.24) is 15.5 Å². The molecule has 0 spiro atoms. The van der Waals surface area contributed by atoms with Gasteiger partial charge in [-0.15, -0.1) is 0 Å². The molecule has 130 valence electrons. The normalized spacial score (nSPS) is 16.9. The van der Waals surface area contributed by atoms with Crippen LogP contribution in [0.15, 0.2) is 42.5 Å². The Hall–Kier alpha value is -2.89. The molecule has 0 aromatic heterocycles. The van der Waals surface area contributed by atoms with E-state index in [2.05, 4.69) is 10.6 Å². The summed E-state index contributed by atoms with van der Waals surface area (Å²) >= 11 is 0. The zero-order valence-electron chi connectivity index (χ0n) is 14.1. The Morgan fingerprint density at radius 2 is 1.88 bits per heavy atom. The summed E-state index contributed by atoms with van der Waals surface area (Å²) in [7, 11) is 1.76. The summed E-state index contributed by atoms with van der Waals surface area (Å²) in [5.74, 6) is -0.297. The molecule has 0 bridgehead atoms. The fourth-order valence-electron chi connectivity index (χ4n) is 3.01. The number of hydrogen-bond acceptors (Lipinski definition) is 3. The molecule has 2 N–H and O–H groups in total. The van der Waals surface area contributed by atoms with Gasteiger partial charge in [0.25, 0.3) is 5.91 Å². The van der Waals surface area contributed by atoms with E-state index in [0.29, 0.717) is 25.1 Å². The summed E-state index contributed by atoms with van der Waals surface area (Å²) in [6.07, 6.45) is 0.459. The van der Waals surface area contributed by atoms with Crippen molar-refractivity contribution >= 4 is 28.5 Å². The Morgan fingerprint density at radius 1 is 1.12 bits per heavy atom. The van der Waals surface area contributed by atoms with E-state index in [4.69, 9.17) is 0 Å². The Labute approximate surface area is 146 Å². The van der Waals surface area contributed by atoms with Crippen LogP contribution < -0.4 is 10.6 Å². The highest BCUT2D eigenvalue weighted by atomic mass is 16.2. The zero-order valence-corrected chi connectivity index (χ0v) is 14.1. The maximum atomic E-state index is 12.2. The Balaban J connectivity index is 1.48. The highest BCUT2D eigenvalue weighted by Crippen LogP contribution is 2.16. The lowest BCUT2D eigenvalue weighted by molar-refractivity contribution is -0.126. The molecule has 0 aliphatic carbocycles. The van der Waals surface area contributed by atoms with Gasteiger partial charge in [-0.2, -0.15) is 0 Å². The first-order chi connectivity index (χ1) is 12.0. The third-order valence-corrected chi connectivity index (χ3v) is 4.43. The van der Waals surface area contributed by atoms with Crippen LogP contribution in [-0.2, 0) is 9.59 Å². The quantitative estimate of drug-likeness (QED) is 0.858. The van der Waals surface area contributed by atoms with Crippen molar-refractivity contribution in [2.75, 3.05) is 26.7 Å². The Morgan fingerprint density at radius 3 is 2.60 bits per heavy atom. The number of nitrogens with zero attached hydrogens (tertiary/aromatic N) is 1. The number of carbonyl (C=O) groups is 3. The number of fused-ring (bicyclic) bond motifs is 1. The van der Waals surface area contributed by atoms with Gasteiger partial charge >= 0.3 is 0 Å². The van der Waals surface area contributed by atoms with E-state index in [1.165, 1.54) is 0 Å². The standard InChI is InChI=1S/C19H21N3O3/c1-22-12-13(8-18(22)24)10-20-17(23)11-21-19(25)16-7-6-14-4-2-3-5-15(14)9-16/h2-7,9,13H,8,10-12H2,1H3,(H,20,23)(H,21,25). The van der Waals surface area contributed by atoms with Crippen LogP contribution in [0.2, 0.25) is 0 Å². The third kappa shape index (κ3) is 4.15.